The van der Waals surface area contributed by atoms with E-state index in [1.807, 2.05) is 54.6 Å². The fraction of sp³-hybridized carbons (Fsp3) is 0. The molecule has 0 spiro atoms. The van der Waals surface area contributed by atoms with Gasteiger partial charge in [0.25, 0.3) is 0 Å². The highest BCUT2D eigenvalue weighted by Gasteiger charge is 2.04. The van der Waals surface area contributed by atoms with Crippen LogP contribution in [0.5, 0.6) is 11.6 Å². The second-order valence-electron chi connectivity index (χ2n) is 3.98. The van der Waals surface area contributed by atoms with Crippen molar-refractivity contribution in [3.8, 4) is 11.6 Å². The first kappa shape index (κ1) is 10.6. The van der Waals surface area contributed by atoms with Crippen LogP contribution in [0.4, 0.5) is 5.69 Å². The molecule has 2 N–H and O–H groups in total. The van der Waals surface area contributed by atoms with E-state index < -0.39 is 0 Å². The van der Waals surface area contributed by atoms with Crippen LogP contribution < -0.4 is 10.5 Å². The molecule has 0 saturated carbocycles. The van der Waals surface area contributed by atoms with E-state index in [1.54, 1.807) is 6.07 Å². The van der Waals surface area contributed by atoms with Gasteiger partial charge >= 0.3 is 0 Å². The standard InChI is InChI=1S/C15H12N2O/c16-13-10-15(18-11-6-2-1-3-7-11)17-14-9-5-4-8-12(13)14/h1-10H,(H2,16,17). The minimum absolute atomic E-state index is 0.511. The van der Waals surface area contributed by atoms with E-state index in [-0.39, 0.29) is 0 Å². The molecule has 3 rings (SSSR count). The summed E-state index contributed by atoms with van der Waals surface area (Å²) in [5.41, 5.74) is 7.50. The number of anilines is 1. The van der Waals surface area contributed by atoms with Crippen molar-refractivity contribution >= 4 is 16.6 Å². The molecule has 88 valence electrons. The Morgan fingerprint density at radius 3 is 2.44 bits per heavy atom. The Morgan fingerprint density at radius 1 is 0.889 bits per heavy atom. The molecule has 18 heavy (non-hydrogen) atoms. The summed E-state index contributed by atoms with van der Waals surface area (Å²) in [4.78, 5) is 4.43. The molecule has 3 heteroatoms. The van der Waals surface area contributed by atoms with E-state index in [9.17, 15) is 0 Å². The highest BCUT2D eigenvalue weighted by atomic mass is 16.5. The molecule has 0 aliphatic heterocycles. The van der Waals surface area contributed by atoms with Gasteiger partial charge in [-0.25, -0.2) is 4.98 Å². The number of aromatic nitrogens is 1. The lowest BCUT2D eigenvalue weighted by Crippen LogP contribution is -1.93. The minimum atomic E-state index is 0.511. The Morgan fingerprint density at radius 2 is 1.61 bits per heavy atom. The Balaban J connectivity index is 2.03. The maximum Gasteiger partial charge on any atom is 0.221 e. The normalized spacial score (nSPS) is 10.4. The first-order valence-corrected chi connectivity index (χ1v) is 5.71. The van der Waals surface area contributed by atoms with Gasteiger partial charge in [-0.15, -0.1) is 0 Å². The number of ether oxygens (including phenoxy) is 1. The highest BCUT2D eigenvalue weighted by Crippen LogP contribution is 2.26. The topological polar surface area (TPSA) is 48.1 Å². The SMILES string of the molecule is Nc1cc(Oc2ccccc2)nc2ccccc12. The summed E-state index contributed by atoms with van der Waals surface area (Å²) in [7, 11) is 0. The largest absolute Gasteiger partial charge is 0.439 e. The molecule has 0 amide bonds. The molecule has 0 saturated heterocycles. The van der Waals surface area contributed by atoms with Gasteiger partial charge in [-0.2, -0.15) is 0 Å². The Labute approximate surface area is 105 Å². The van der Waals surface area contributed by atoms with Crippen molar-refractivity contribution in [3.63, 3.8) is 0 Å². The summed E-state index contributed by atoms with van der Waals surface area (Å²) >= 11 is 0. The van der Waals surface area contributed by atoms with E-state index in [4.69, 9.17) is 10.5 Å². The number of hydrogen-bond donors (Lipinski definition) is 1. The average Bonchev–Trinajstić information content (AvgIpc) is 2.40. The Bertz CT molecular complexity index is 680. The van der Waals surface area contributed by atoms with Crippen molar-refractivity contribution in [2.75, 3.05) is 5.73 Å². The van der Waals surface area contributed by atoms with E-state index >= 15 is 0 Å². The summed E-state index contributed by atoms with van der Waals surface area (Å²) in [5.74, 6) is 1.26. The van der Waals surface area contributed by atoms with Gasteiger partial charge in [-0.1, -0.05) is 36.4 Å². The van der Waals surface area contributed by atoms with Gasteiger partial charge in [0.15, 0.2) is 0 Å². The third-order valence-corrected chi connectivity index (χ3v) is 2.69. The van der Waals surface area contributed by atoms with E-state index in [1.165, 1.54) is 0 Å². The summed E-state index contributed by atoms with van der Waals surface area (Å²) < 4.78 is 5.68. The third-order valence-electron chi connectivity index (χ3n) is 2.69. The van der Waals surface area contributed by atoms with Crippen LogP contribution in [0, 0.1) is 0 Å². The van der Waals surface area contributed by atoms with Crippen LogP contribution in [0.3, 0.4) is 0 Å². The number of nitrogens with zero attached hydrogens (tertiary/aromatic N) is 1. The maximum atomic E-state index is 5.99. The molecule has 1 aromatic heterocycles. The zero-order valence-corrected chi connectivity index (χ0v) is 9.71. The lowest BCUT2D eigenvalue weighted by atomic mass is 10.2. The molecule has 0 unspecified atom stereocenters. The van der Waals surface area contributed by atoms with Crippen LogP contribution in [0.2, 0.25) is 0 Å². The number of rotatable bonds is 2. The first-order chi connectivity index (χ1) is 8.83. The van der Waals surface area contributed by atoms with Crippen LogP contribution in [0.15, 0.2) is 60.7 Å². The van der Waals surface area contributed by atoms with Crippen LogP contribution in [-0.4, -0.2) is 4.98 Å². The van der Waals surface area contributed by atoms with Crippen LogP contribution in [-0.2, 0) is 0 Å². The average molecular weight is 236 g/mol. The van der Waals surface area contributed by atoms with E-state index in [0.717, 1.165) is 16.7 Å². The van der Waals surface area contributed by atoms with Crippen LogP contribution in [0.25, 0.3) is 10.9 Å². The van der Waals surface area contributed by atoms with E-state index in [0.29, 0.717) is 11.6 Å². The van der Waals surface area contributed by atoms with E-state index in [2.05, 4.69) is 4.98 Å². The highest BCUT2D eigenvalue weighted by molar-refractivity contribution is 5.90. The molecule has 0 fully saturated rings. The van der Waals surface area contributed by atoms with Crippen molar-refractivity contribution < 1.29 is 4.74 Å². The number of hydrogen-bond acceptors (Lipinski definition) is 3. The predicted molar refractivity (Wildman–Crippen MR) is 72.7 cm³/mol. The minimum Gasteiger partial charge on any atom is -0.439 e. The van der Waals surface area contributed by atoms with Gasteiger partial charge in [0.2, 0.25) is 5.88 Å². The molecular weight excluding hydrogens is 224 g/mol. The van der Waals surface area contributed by atoms with Gasteiger partial charge in [0.1, 0.15) is 5.75 Å². The third kappa shape index (κ3) is 1.98. The van der Waals surface area contributed by atoms with Crippen molar-refractivity contribution in [1.82, 2.24) is 4.98 Å². The van der Waals surface area contributed by atoms with Crippen LogP contribution >= 0.6 is 0 Å². The molecular formula is C15H12N2O. The monoisotopic (exact) mass is 236 g/mol. The molecule has 3 aromatic rings. The molecule has 0 aliphatic carbocycles. The van der Waals surface area contributed by atoms with Gasteiger partial charge in [0.05, 0.1) is 5.52 Å². The van der Waals surface area contributed by atoms with Gasteiger partial charge in [-0.3, -0.25) is 0 Å². The quantitative estimate of drug-likeness (QED) is 0.739. The fourth-order valence-corrected chi connectivity index (χ4v) is 1.84. The van der Waals surface area contributed by atoms with Crippen molar-refractivity contribution in [3.05, 3.63) is 60.7 Å². The first-order valence-electron chi connectivity index (χ1n) is 5.71. The molecule has 1 heterocycles. The Hall–Kier alpha value is -2.55. The number of para-hydroxylation sites is 2. The zero-order valence-electron chi connectivity index (χ0n) is 9.71. The number of fused-ring (bicyclic) bond motifs is 1. The fourth-order valence-electron chi connectivity index (χ4n) is 1.84. The number of nitrogen functional groups attached to an aromatic ring is 1. The second kappa shape index (κ2) is 4.37. The smallest absolute Gasteiger partial charge is 0.221 e. The molecule has 0 radical (unpaired) electrons. The summed E-state index contributed by atoms with van der Waals surface area (Å²) in [6.45, 7) is 0. The number of benzene rings is 2. The van der Waals surface area contributed by atoms with Crippen molar-refractivity contribution in [2.24, 2.45) is 0 Å². The Kier molecular flexibility index (Phi) is 2.57. The predicted octanol–water partition coefficient (Wildman–Crippen LogP) is 3.61. The molecule has 0 bridgehead atoms. The molecule has 0 aliphatic rings. The summed E-state index contributed by atoms with van der Waals surface area (Å²) in [6.07, 6.45) is 0. The zero-order chi connectivity index (χ0) is 12.4. The van der Waals surface area contributed by atoms with Crippen molar-refractivity contribution in [2.45, 2.75) is 0 Å². The van der Waals surface area contributed by atoms with Crippen LogP contribution in [0.1, 0.15) is 0 Å². The van der Waals surface area contributed by atoms with Gasteiger partial charge in [-0.05, 0) is 18.2 Å². The number of nitrogens with two attached hydrogens (primary N) is 1. The van der Waals surface area contributed by atoms with Gasteiger partial charge < -0.3 is 10.5 Å². The summed E-state index contributed by atoms with van der Waals surface area (Å²) in [5, 5.41) is 0.943. The maximum absolute atomic E-state index is 5.99. The summed E-state index contributed by atoms with van der Waals surface area (Å²) in [6, 6.07) is 19.0. The molecule has 2 aromatic carbocycles. The lowest BCUT2D eigenvalue weighted by molar-refractivity contribution is 0.465. The van der Waals surface area contributed by atoms with Gasteiger partial charge in [0, 0.05) is 17.1 Å². The second-order valence-corrected chi connectivity index (χ2v) is 3.98. The number of pyridine rings is 1. The molecule has 3 nitrogen and oxygen atoms in total. The van der Waals surface area contributed by atoms with Crippen molar-refractivity contribution in [1.29, 1.82) is 0 Å². The lowest BCUT2D eigenvalue weighted by Gasteiger charge is -2.07. The molecule has 0 atom stereocenters.